The number of aromatic nitrogens is 2. The Morgan fingerprint density at radius 1 is 1.44 bits per heavy atom. The Balaban J connectivity index is 2.18. The Bertz CT molecular complexity index is 458. The molecule has 1 saturated carbocycles. The van der Waals surface area contributed by atoms with Gasteiger partial charge in [-0.25, -0.2) is 4.98 Å². The van der Waals surface area contributed by atoms with Gasteiger partial charge in [-0.1, -0.05) is 12.8 Å². The molecule has 2 unspecified atom stereocenters. The van der Waals surface area contributed by atoms with Gasteiger partial charge < -0.3 is 9.88 Å². The molecule has 0 saturated heterocycles. The van der Waals surface area contributed by atoms with Crippen LogP contribution in [0, 0.1) is 0 Å². The van der Waals surface area contributed by atoms with Crippen molar-refractivity contribution < 1.29 is 0 Å². The van der Waals surface area contributed by atoms with Crippen LogP contribution in [0.1, 0.15) is 45.6 Å². The molecule has 1 fully saturated rings. The molecule has 1 heterocycles. The number of rotatable bonds is 3. The first-order valence-electron chi connectivity index (χ1n) is 6.57. The zero-order valence-electron chi connectivity index (χ0n) is 10.9. The fourth-order valence-corrected chi connectivity index (χ4v) is 2.70. The van der Waals surface area contributed by atoms with Crippen molar-refractivity contribution in [1.29, 1.82) is 0 Å². The third kappa shape index (κ3) is 2.86. The fraction of sp³-hybridized carbons (Fsp3) is 0.692. The summed E-state index contributed by atoms with van der Waals surface area (Å²) in [6.07, 6.45) is 7.72. The van der Waals surface area contributed by atoms with Crippen LogP contribution in [-0.4, -0.2) is 21.0 Å². The van der Waals surface area contributed by atoms with Crippen LogP contribution in [-0.2, 0) is 0 Å². The summed E-state index contributed by atoms with van der Waals surface area (Å²) >= 11 is 6.29. The van der Waals surface area contributed by atoms with Gasteiger partial charge in [0.15, 0.2) is 5.82 Å². The Kier molecular flexibility index (Phi) is 4.27. The standard InChI is InChI=1S/C13H20ClN3O/c1-9(2)17-8-7-15-12(13(17)18)16-11-6-4-3-5-10(11)14/h7-11H,3-6H2,1-2H3,(H,15,16). The summed E-state index contributed by atoms with van der Waals surface area (Å²) in [7, 11) is 0. The molecule has 100 valence electrons. The second-order valence-corrected chi connectivity index (χ2v) is 5.69. The van der Waals surface area contributed by atoms with Crippen LogP contribution < -0.4 is 10.9 Å². The van der Waals surface area contributed by atoms with Crippen LogP contribution >= 0.6 is 11.6 Å². The molecule has 2 atom stereocenters. The molecular formula is C13H20ClN3O. The van der Waals surface area contributed by atoms with Gasteiger partial charge in [-0.2, -0.15) is 0 Å². The highest BCUT2D eigenvalue weighted by atomic mass is 35.5. The van der Waals surface area contributed by atoms with Crippen LogP contribution in [0.4, 0.5) is 5.82 Å². The average Bonchev–Trinajstić information content (AvgIpc) is 2.34. The van der Waals surface area contributed by atoms with Crippen molar-refractivity contribution in [2.45, 2.75) is 57.0 Å². The Hall–Kier alpha value is -1.03. The van der Waals surface area contributed by atoms with Gasteiger partial charge in [0.25, 0.3) is 5.56 Å². The van der Waals surface area contributed by atoms with E-state index in [-0.39, 0.29) is 23.0 Å². The molecule has 5 heteroatoms. The highest BCUT2D eigenvalue weighted by molar-refractivity contribution is 6.21. The number of alkyl halides is 1. The third-order valence-electron chi connectivity index (χ3n) is 3.43. The summed E-state index contributed by atoms with van der Waals surface area (Å²) in [5.74, 6) is 0.420. The molecule has 1 aromatic rings. The molecule has 0 bridgehead atoms. The lowest BCUT2D eigenvalue weighted by molar-refractivity contribution is 0.467. The smallest absolute Gasteiger partial charge is 0.293 e. The summed E-state index contributed by atoms with van der Waals surface area (Å²) in [5, 5.41) is 3.31. The van der Waals surface area contributed by atoms with E-state index in [2.05, 4.69) is 10.3 Å². The van der Waals surface area contributed by atoms with Crippen LogP contribution in [0.5, 0.6) is 0 Å². The second-order valence-electron chi connectivity index (χ2n) is 5.13. The Labute approximate surface area is 112 Å². The summed E-state index contributed by atoms with van der Waals surface area (Å²) in [6.45, 7) is 3.96. The quantitative estimate of drug-likeness (QED) is 0.859. The molecule has 0 radical (unpaired) electrons. The summed E-state index contributed by atoms with van der Waals surface area (Å²) in [4.78, 5) is 16.3. The Morgan fingerprint density at radius 2 is 2.17 bits per heavy atom. The van der Waals surface area contributed by atoms with Crippen molar-refractivity contribution in [2.24, 2.45) is 0 Å². The average molecular weight is 270 g/mol. The van der Waals surface area contributed by atoms with Crippen LogP contribution in [0.2, 0.25) is 0 Å². The minimum absolute atomic E-state index is 0.0676. The maximum Gasteiger partial charge on any atom is 0.293 e. The van der Waals surface area contributed by atoms with Crippen molar-refractivity contribution in [2.75, 3.05) is 5.32 Å². The zero-order valence-corrected chi connectivity index (χ0v) is 11.7. The van der Waals surface area contributed by atoms with Gasteiger partial charge in [0.05, 0.1) is 5.38 Å². The molecular weight excluding hydrogens is 250 g/mol. The predicted molar refractivity (Wildman–Crippen MR) is 74.4 cm³/mol. The summed E-state index contributed by atoms with van der Waals surface area (Å²) < 4.78 is 1.68. The molecule has 1 N–H and O–H groups in total. The lowest BCUT2D eigenvalue weighted by Crippen LogP contribution is -2.36. The molecule has 2 rings (SSSR count). The number of hydrogen-bond donors (Lipinski definition) is 1. The van der Waals surface area contributed by atoms with Gasteiger partial charge in [0.1, 0.15) is 0 Å². The SMILES string of the molecule is CC(C)n1ccnc(NC2CCCCC2Cl)c1=O. The van der Waals surface area contributed by atoms with Gasteiger partial charge >= 0.3 is 0 Å². The molecule has 0 spiro atoms. The first-order valence-corrected chi connectivity index (χ1v) is 7.01. The Morgan fingerprint density at radius 3 is 2.83 bits per heavy atom. The predicted octanol–water partition coefficient (Wildman–Crippen LogP) is 2.79. The molecule has 0 amide bonds. The zero-order chi connectivity index (χ0) is 13.1. The minimum atomic E-state index is -0.0676. The van der Waals surface area contributed by atoms with E-state index >= 15 is 0 Å². The lowest BCUT2D eigenvalue weighted by atomic mass is 9.95. The molecule has 0 aliphatic heterocycles. The third-order valence-corrected chi connectivity index (χ3v) is 3.95. The molecule has 4 nitrogen and oxygen atoms in total. The van der Waals surface area contributed by atoms with Crippen molar-refractivity contribution >= 4 is 17.4 Å². The van der Waals surface area contributed by atoms with Gasteiger partial charge in [-0.05, 0) is 26.7 Å². The highest BCUT2D eigenvalue weighted by Crippen LogP contribution is 2.24. The molecule has 1 aromatic heterocycles. The first-order chi connectivity index (χ1) is 8.59. The first kappa shape index (κ1) is 13.4. The normalized spacial score (nSPS) is 24.2. The van der Waals surface area contributed by atoms with Crippen molar-refractivity contribution in [3.8, 4) is 0 Å². The molecule has 1 aliphatic rings. The highest BCUT2D eigenvalue weighted by Gasteiger charge is 2.24. The van der Waals surface area contributed by atoms with E-state index in [0.29, 0.717) is 5.82 Å². The van der Waals surface area contributed by atoms with Crippen molar-refractivity contribution in [3.63, 3.8) is 0 Å². The molecule has 0 aromatic carbocycles. The number of anilines is 1. The van der Waals surface area contributed by atoms with E-state index in [1.54, 1.807) is 17.0 Å². The maximum absolute atomic E-state index is 12.2. The number of hydrogen-bond acceptors (Lipinski definition) is 3. The van der Waals surface area contributed by atoms with E-state index < -0.39 is 0 Å². The van der Waals surface area contributed by atoms with E-state index in [9.17, 15) is 4.79 Å². The lowest BCUT2D eigenvalue weighted by Gasteiger charge is -2.28. The van der Waals surface area contributed by atoms with Gasteiger partial charge in [-0.15, -0.1) is 11.6 Å². The van der Waals surface area contributed by atoms with E-state index in [0.717, 1.165) is 19.3 Å². The van der Waals surface area contributed by atoms with E-state index in [1.165, 1.54) is 6.42 Å². The van der Waals surface area contributed by atoms with Gasteiger partial charge in [-0.3, -0.25) is 4.79 Å². The van der Waals surface area contributed by atoms with Gasteiger partial charge in [0.2, 0.25) is 0 Å². The van der Waals surface area contributed by atoms with Crippen molar-refractivity contribution in [3.05, 3.63) is 22.7 Å². The monoisotopic (exact) mass is 269 g/mol. The summed E-state index contributed by atoms with van der Waals surface area (Å²) in [6, 6.07) is 0.294. The maximum atomic E-state index is 12.2. The van der Waals surface area contributed by atoms with Crippen LogP contribution in [0.25, 0.3) is 0 Å². The van der Waals surface area contributed by atoms with E-state index in [1.807, 2.05) is 13.8 Å². The topological polar surface area (TPSA) is 46.9 Å². The minimum Gasteiger partial charge on any atom is -0.361 e. The van der Waals surface area contributed by atoms with E-state index in [4.69, 9.17) is 11.6 Å². The van der Waals surface area contributed by atoms with Crippen molar-refractivity contribution in [1.82, 2.24) is 9.55 Å². The fourth-order valence-electron chi connectivity index (χ4n) is 2.35. The molecule has 18 heavy (non-hydrogen) atoms. The number of nitrogens with one attached hydrogen (secondary N) is 1. The number of halogens is 1. The van der Waals surface area contributed by atoms with Crippen LogP contribution in [0.3, 0.4) is 0 Å². The summed E-state index contributed by atoms with van der Waals surface area (Å²) in [5.41, 5.74) is -0.0676. The van der Waals surface area contributed by atoms with Crippen LogP contribution in [0.15, 0.2) is 17.2 Å². The molecule has 1 aliphatic carbocycles. The van der Waals surface area contributed by atoms with Gasteiger partial charge in [0, 0.05) is 24.5 Å². The second kappa shape index (κ2) is 5.74. The number of nitrogens with zero attached hydrogens (tertiary/aromatic N) is 2. The largest absolute Gasteiger partial charge is 0.361 e.